The van der Waals surface area contributed by atoms with Crippen molar-refractivity contribution < 1.29 is 0 Å². The zero-order valence-corrected chi connectivity index (χ0v) is 30.6. The van der Waals surface area contributed by atoms with Gasteiger partial charge in [0, 0.05) is 36.9 Å². The van der Waals surface area contributed by atoms with Crippen molar-refractivity contribution in [1.82, 2.24) is 15.0 Å². The number of thiophene rings is 1. The monoisotopic (exact) mass is 719 g/mol. The number of nitrogens with zero attached hydrogens (tertiary/aromatic N) is 3. The molecule has 10 rings (SSSR count). The molecule has 0 spiro atoms. The molecule has 8 aromatic carbocycles. The van der Waals surface area contributed by atoms with Gasteiger partial charge in [-0.2, -0.15) is 0 Å². The van der Waals surface area contributed by atoms with Crippen molar-refractivity contribution in [2.24, 2.45) is 0 Å². The van der Waals surface area contributed by atoms with Crippen LogP contribution in [0.1, 0.15) is 0 Å². The van der Waals surface area contributed by atoms with Crippen LogP contribution >= 0.6 is 11.3 Å². The van der Waals surface area contributed by atoms with E-state index in [4.69, 9.17) is 15.0 Å². The summed E-state index contributed by atoms with van der Waals surface area (Å²) < 4.78 is 2.56. The Morgan fingerprint density at radius 1 is 0.255 bits per heavy atom. The quantitative estimate of drug-likeness (QED) is 0.165. The van der Waals surface area contributed by atoms with Gasteiger partial charge in [0.2, 0.25) is 0 Å². The second-order valence-corrected chi connectivity index (χ2v) is 14.6. The van der Waals surface area contributed by atoms with Crippen LogP contribution in [0.3, 0.4) is 0 Å². The predicted molar refractivity (Wildman–Crippen MR) is 231 cm³/mol. The van der Waals surface area contributed by atoms with E-state index in [1.807, 2.05) is 47.7 Å². The van der Waals surface area contributed by atoms with Gasteiger partial charge in [-0.25, -0.2) is 15.0 Å². The third kappa shape index (κ3) is 6.29. The third-order valence-electron chi connectivity index (χ3n) is 10.2. The molecule has 4 heteroatoms. The minimum absolute atomic E-state index is 0.641. The van der Waals surface area contributed by atoms with E-state index in [2.05, 4.69) is 164 Å². The molecule has 0 unspecified atom stereocenters. The van der Waals surface area contributed by atoms with Crippen LogP contribution < -0.4 is 0 Å². The molecule has 0 fully saturated rings. The zero-order valence-electron chi connectivity index (χ0n) is 29.8. The molecule has 0 saturated heterocycles. The zero-order chi connectivity index (χ0) is 36.6. The molecule has 0 atom stereocenters. The van der Waals surface area contributed by atoms with Crippen LogP contribution in [0.15, 0.2) is 200 Å². The number of hydrogen-bond acceptors (Lipinski definition) is 4. The molecule has 3 nitrogen and oxygen atoms in total. The molecule has 2 heterocycles. The Hall–Kier alpha value is -7.01. The topological polar surface area (TPSA) is 38.7 Å². The first-order chi connectivity index (χ1) is 27.2. The van der Waals surface area contributed by atoms with Crippen molar-refractivity contribution in [3.8, 4) is 78.7 Å². The maximum atomic E-state index is 5.08. The van der Waals surface area contributed by atoms with Gasteiger partial charge >= 0.3 is 0 Å². The highest BCUT2D eigenvalue weighted by Crippen LogP contribution is 2.44. The van der Waals surface area contributed by atoms with Crippen molar-refractivity contribution in [2.45, 2.75) is 0 Å². The van der Waals surface area contributed by atoms with E-state index >= 15 is 0 Å². The predicted octanol–water partition coefficient (Wildman–Crippen LogP) is 13.9. The van der Waals surface area contributed by atoms with Gasteiger partial charge in [-0.05, 0) is 50.6 Å². The number of fused-ring (bicyclic) bond motifs is 3. The molecular weight excluding hydrogens is 687 g/mol. The first-order valence-electron chi connectivity index (χ1n) is 18.4. The van der Waals surface area contributed by atoms with E-state index in [-0.39, 0.29) is 0 Å². The maximum absolute atomic E-state index is 5.08. The van der Waals surface area contributed by atoms with E-state index in [0.29, 0.717) is 17.5 Å². The molecule has 55 heavy (non-hydrogen) atoms. The molecule has 0 N–H and O–H groups in total. The molecule has 0 amide bonds. The SMILES string of the molecule is c1ccc(-c2ccc(-c3nc(-c4ccccc4)nc(-c4cccc(-c5cccc6c5sc5c(-c7ccc(-c8ccccc8)cc7)cccc56)c4)n3)cc2)cc1. The fraction of sp³-hybridized carbons (Fsp3) is 0. The maximum Gasteiger partial charge on any atom is 0.164 e. The minimum Gasteiger partial charge on any atom is -0.208 e. The summed E-state index contributed by atoms with van der Waals surface area (Å²) in [7, 11) is 0. The van der Waals surface area contributed by atoms with Gasteiger partial charge in [0.1, 0.15) is 0 Å². The molecule has 0 bridgehead atoms. The molecule has 258 valence electrons. The van der Waals surface area contributed by atoms with Gasteiger partial charge in [0.25, 0.3) is 0 Å². The minimum atomic E-state index is 0.641. The van der Waals surface area contributed by atoms with Crippen LogP contribution in [0.5, 0.6) is 0 Å². The Morgan fingerprint density at radius 2 is 0.600 bits per heavy atom. The van der Waals surface area contributed by atoms with Crippen molar-refractivity contribution in [1.29, 1.82) is 0 Å². The summed E-state index contributed by atoms with van der Waals surface area (Å²) in [5, 5.41) is 2.54. The summed E-state index contributed by atoms with van der Waals surface area (Å²) in [5.41, 5.74) is 12.4. The lowest BCUT2D eigenvalue weighted by Crippen LogP contribution is -2.00. The van der Waals surface area contributed by atoms with Gasteiger partial charge < -0.3 is 0 Å². The number of rotatable bonds is 7. The molecule has 2 aromatic heterocycles. The lowest BCUT2D eigenvalue weighted by molar-refractivity contribution is 1.07. The first-order valence-corrected chi connectivity index (χ1v) is 19.3. The largest absolute Gasteiger partial charge is 0.208 e. The first kappa shape index (κ1) is 32.6. The highest BCUT2D eigenvalue weighted by Gasteiger charge is 2.17. The van der Waals surface area contributed by atoms with E-state index in [1.54, 1.807) is 0 Å². The highest BCUT2D eigenvalue weighted by atomic mass is 32.1. The molecular formula is C51H33N3S. The van der Waals surface area contributed by atoms with E-state index in [9.17, 15) is 0 Å². The van der Waals surface area contributed by atoms with Crippen LogP contribution in [0.2, 0.25) is 0 Å². The van der Waals surface area contributed by atoms with Crippen LogP contribution in [0, 0.1) is 0 Å². The number of hydrogen-bond donors (Lipinski definition) is 0. The van der Waals surface area contributed by atoms with Gasteiger partial charge in [-0.3, -0.25) is 0 Å². The van der Waals surface area contributed by atoms with Crippen LogP contribution in [0.4, 0.5) is 0 Å². The fourth-order valence-electron chi connectivity index (χ4n) is 7.37. The average Bonchev–Trinajstić information content (AvgIpc) is 3.67. The van der Waals surface area contributed by atoms with Crippen LogP contribution in [-0.4, -0.2) is 15.0 Å². The fourth-order valence-corrected chi connectivity index (χ4v) is 8.74. The summed E-state index contributed by atoms with van der Waals surface area (Å²) in [6.45, 7) is 0. The Labute approximate surface area is 323 Å². The summed E-state index contributed by atoms with van der Waals surface area (Å²) in [5.74, 6) is 1.93. The Bertz CT molecular complexity index is 2940. The van der Waals surface area contributed by atoms with E-state index in [0.717, 1.165) is 27.8 Å². The van der Waals surface area contributed by atoms with Gasteiger partial charge in [-0.1, -0.05) is 194 Å². The summed E-state index contributed by atoms with van der Waals surface area (Å²) in [4.78, 5) is 15.1. The average molecular weight is 720 g/mol. The lowest BCUT2D eigenvalue weighted by Gasteiger charge is -2.10. The number of benzene rings is 8. The van der Waals surface area contributed by atoms with Crippen molar-refractivity contribution >= 4 is 31.5 Å². The van der Waals surface area contributed by atoms with Crippen LogP contribution in [0.25, 0.3) is 98.8 Å². The Kier molecular flexibility index (Phi) is 8.36. The Morgan fingerprint density at radius 3 is 1.13 bits per heavy atom. The molecule has 0 radical (unpaired) electrons. The van der Waals surface area contributed by atoms with Crippen molar-refractivity contribution in [3.63, 3.8) is 0 Å². The second-order valence-electron chi connectivity index (χ2n) is 13.6. The van der Waals surface area contributed by atoms with Gasteiger partial charge in [0.05, 0.1) is 0 Å². The van der Waals surface area contributed by atoms with Crippen molar-refractivity contribution in [3.05, 3.63) is 200 Å². The molecule has 10 aromatic rings. The summed E-state index contributed by atoms with van der Waals surface area (Å²) in [6.07, 6.45) is 0. The lowest BCUT2D eigenvalue weighted by atomic mass is 9.98. The molecule has 0 saturated carbocycles. The normalized spacial score (nSPS) is 11.3. The molecule has 0 aliphatic rings. The summed E-state index contributed by atoms with van der Waals surface area (Å²) in [6, 6.07) is 70.4. The smallest absolute Gasteiger partial charge is 0.164 e. The highest BCUT2D eigenvalue weighted by molar-refractivity contribution is 7.26. The van der Waals surface area contributed by atoms with Crippen LogP contribution in [-0.2, 0) is 0 Å². The van der Waals surface area contributed by atoms with Crippen molar-refractivity contribution in [2.75, 3.05) is 0 Å². The van der Waals surface area contributed by atoms with Gasteiger partial charge in [-0.15, -0.1) is 11.3 Å². The Balaban J connectivity index is 1.05. The standard InChI is InChI=1S/C51H33N3S/c1-4-13-34(14-5-1)36-25-29-38(30-26-36)43-21-11-23-45-46-24-12-22-44(48(46)55-47(43)45)41-19-10-20-42(33-41)51-53-49(39-17-8-3-9-18-39)52-50(54-51)40-31-27-37(28-32-40)35-15-6-2-7-16-35/h1-33H. The summed E-state index contributed by atoms with van der Waals surface area (Å²) >= 11 is 1.86. The van der Waals surface area contributed by atoms with E-state index in [1.165, 1.54) is 53.6 Å². The molecule has 0 aliphatic heterocycles. The van der Waals surface area contributed by atoms with Gasteiger partial charge in [0.15, 0.2) is 17.5 Å². The number of aromatic nitrogens is 3. The third-order valence-corrected chi connectivity index (χ3v) is 11.5. The van der Waals surface area contributed by atoms with E-state index < -0.39 is 0 Å². The second kappa shape index (κ2) is 14.1. The molecule has 0 aliphatic carbocycles.